The highest BCUT2D eigenvalue weighted by atomic mass is 35.5. The molecule has 0 aliphatic carbocycles. The summed E-state index contributed by atoms with van der Waals surface area (Å²) in [5.41, 5.74) is 1.58. The highest BCUT2D eigenvalue weighted by molar-refractivity contribution is 7.98. The van der Waals surface area contributed by atoms with Crippen molar-refractivity contribution in [1.82, 2.24) is 10.6 Å². The van der Waals surface area contributed by atoms with Crippen molar-refractivity contribution in [1.29, 1.82) is 0 Å². The van der Waals surface area contributed by atoms with Crippen LogP contribution in [0, 0.1) is 11.7 Å². The number of rotatable bonds is 6. The van der Waals surface area contributed by atoms with Gasteiger partial charge in [-0.25, -0.2) is 4.39 Å². The van der Waals surface area contributed by atoms with E-state index in [1.165, 1.54) is 12.1 Å². The van der Waals surface area contributed by atoms with Crippen LogP contribution in [0.4, 0.5) is 4.39 Å². The Hall–Kier alpha value is -2.02. The predicted octanol–water partition coefficient (Wildman–Crippen LogP) is 4.24. The molecule has 142 valence electrons. The molecular formula is C20H20ClFN2O2S. The van der Waals surface area contributed by atoms with E-state index in [-0.39, 0.29) is 24.1 Å². The molecule has 3 aromatic rings. The summed E-state index contributed by atoms with van der Waals surface area (Å²) >= 11 is 1.56. The molecule has 0 spiro atoms. The number of amides is 1. The number of para-hydroxylation sites is 1. The van der Waals surface area contributed by atoms with Crippen molar-refractivity contribution in [3.8, 4) is 0 Å². The number of hydrogen-bond donors (Lipinski definition) is 2. The molecule has 1 aliphatic rings. The van der Waals surface area contributed by atoms with Gasteiger partial charge in [0, 0.05) is 47.2 Å². The van der Waals surface area contributed by atoms with E-state index in [1.807, 2.05) is 24.3 Å². The van der Waals surface area contributed by atoms with Crippen LogP contribution in [0.5, 0.6) is 0 Å². The van der Waals surface area contributed by atoms with E-state index in [9.17, 15) is 9.18 Å². The molecule has 2 aromatic carbocycles. The lowest BCUT2D eigenvalue weighted by Gasteiger charge is -2.26. The van der Waals surface area contributed by atoms with Gasteiger partial charge in [0.15, 0.2) is 5.76 Å². The number of benzene rings is 2. The summed E-state index contributed by atoms with van der Waals surface area (Å²) in [7, 11) is 0. The Morgan fingerprint density at radius 3 is 2.63 bits per heavy atom. The molecule has 1 saturated heterocycles. The first-order valence-electron chi connectivity index (χ1n) is 8.58. The topological polar surface area (TPSA) is 54.3 Å². The quantitative estimate of drug-likeness (QED) is 0.601. The molecule has 0 saturated carbocycles. The van der Waals surface area contributed by atoms with Crippen molar-refractivity contribution in [3.05, 3.63) is 65.7 Å². The highest BCUT2D eigenvalue weighted by Gasteiger charge is 2.23. The zero-order valence-electron chi connectivity index (χ0n) is 14.5. The van der Waals surface area contributed by atoms with E-state index in [0.29, 0.717) is 29.6 Å². The molecule has 0 bridgehead atoms. The van der Waals surface area contributed by atoms with Crippen molar-refractivity contribution in [2.45, 2.75) is 10.6 Å². The Bertz CT molecular complexity index is 925. The lowest BCUT2D eigenvalue weighted by molar-refractivity contribution is 0.0915. The number of halogens is 2. The van der Waals surface area contributed by atoms with Gasteiger partial charge in [0.05, 0.1) is 0 Å². The molecule has 1 aromatic heterocycles. The second-order valence-corrected chi connectivity index (χ2v) is 7.43. The number of hydrogen-bond acceptors (Lipinski definition) is 4. The first kappa shape index (κ1) is 19.7. The van der Waals surface area contributed by atoms with Gasteiger partial charge < -0.3 is 15.1 Å². The Morgan fingerprint density at radius 1 is 1.19 bits per heavy atom. The van der Waals surface area contributed by atoms with Crippen LogP contribution < -0.4 is 10.6 Å². The highest BCUT2D eigenvalue weighted by Crippen LogP contribution is 2.32. The maximum atomic E-state index is 13.1. The van der Waals surface area contributed by atoms with E-state index in [0.717, 1.165) is 28.9 Å². The van der Waals surface area contributed by atoms with E-state index in [4.69, 9.17) is 4.42 Å². The Balaban J connectivity index is 0.00000210. The number of fused-ring (bicyclic) bond motifs is 1. The number of thioether (sulfide) groups is 1. The van der Waals surface area contributed by atoms with Crippen LogP contribution in [-0.4, -0.2) is 25.5 Å². The molecule has 27 heavy (non-hydrogen) atoms. The lowest BCUT2D eigenvalue weighted by Crippen LogP contribution is -2.48. The van der Waals surface area contributed by atoms with Crippen LogP contribution in [0.2, 0.25) is 0 Å². The molecular weight excluding hydrogens is 387 g/mol. The van der Waals surface area contributed by atoms with Gasteiger partial charge in [-0.2, -0.15) is 0 Å². The van der Waals surface area contributed by atoms with E-state index < -0.39 is 0 Å². The maximum Gasteiger partial charge on any atom is 0.287 e. The fourth-order valence-corrected chi connectivity index (χ4v) is 3.85. The minimum Gasteiger partial charge on any atom is -0.451 e. The van der Waals surface area contributed by atoms with Crippen LogP contribution in [0.15, 0.2) is 57.8 Å². The van der Waals surface area contributed by atoms with Gasteiger partial charge in [0.1, 0.15) is 11.4 Å². The van der Waals surface area contributed by atoms with Crippen LogP contribution in [0.3, 0.4) is 0 Å². The largest absolute Gasteiger partial charge is 0.451 e. The second-order valence-electron chi connectivity index (χ2n) is 6.38. The molecule has 1 fully saturated rings. The van der Waals surface area contributed by atoms with E-state index in [2.05, 4.69) is 10.6 Å². The number of nitrogens with one attached hydrogen (secondary N) is 2. The van der Waals surface area contributed by atoms with E-state index in [1.54, 1.807) is 23.9 Å². The zero-order chi connectivity index (χ0) is 17.9. The normalized spacial score (nSPS) is 13.8. The minimum absolute atomic E-state index is 0. The second kappa shape index (κ2) is 8.78. The van der Waals surface area contributed by atoms with Crippen LogP contribution >= 0.6 is 24.2 Å². The van der Waals surface area contributed by atoms with Crippen molar-refractivity contribution in [2.75, 3.05) is 19.6 Å². The van der Waals surface area contributed by atoms with E-state index >= 15 is 0 Å². The van der Waals surface area contributed by atoms with Gasteiger partial charge in [-0.3, -0.25) is 4.79 Å². The summed E-state index contributed by atoms with van der Waals surface area (Å²) in [6, 6.07) is 14.0. The van der Waals surface area contributed by atoms with Gasteiger partial charge in [-0.05, 0) is 30.3 Å². The standard InChI is InChI=1S/C20H19FN2O2S.ClH/c21-14-5-7-15(8-6-14)26-12-17-16-3-1-2-4-18(16)25-19(17)20(24)23-11-13-9-22-10-13;/h1-8,13,22H,9-12H2,(H,23,24);1H. The lowest BCUT2D eigenvalue weighted by atomic mass is 10.0. The molecule has 0 radical (unpaired) electrons. The number of furan rings is 1. The van der Waals surface area contributed by atoms with Crippen LogP contribution in [0.1, 0.15) is 16.1 Å². The number of carbonyl (C=O) groups excluding carboxylic acids is 1. The first-order valence-corrected chi connectivity index (χ1v) is 9.57. The van der Waals surface area contributed by atoms with Crippen LogP contribution in [0.25, 0.3) is 11.0 Å². The summed E-state index contributed by atoms with van der Waals surface area (Å²) in [5, 5.41) is 7.11. The van der Waals surface area contributed by atoms with Crippen molar-refractivity contribution >= 4 is 41.0 Å². The number of carbonyl (C=O) groups is 1. The summed E-state index contributed by atoms with van der Waals surface area (Å²) in [6.45, 7) is 2.52. The van der Waals surface area contributed by atoms with Crippen molar-refractivity contribution in [2.24, 2.45) is 5.92 Å². The molecule has 2 N–H and O–H groups in total. The average molecular weight is 407 g/mol. The van der Waals surface area contributed by atoms with Crippen LogP contribution in [-0.2, 0) is 5.75 Å². The van der Waals surface area contributed by atoms with Gasteiger partial charge in [-0.1, -0.05) is 18.2 Å². The SMILES string of the molecule is Cl.O=C(NCC1CNC1)c1oc2ccccc2c1CSc1ccc(F)cc1. The molecule has 1 amide bonds. The zero-order valence-corrected chi connectivity index (χ0v) is 16.2. The molecule has 4 rings (SSSR count). The third kappa shape index (κ3) is 4.46. The average Bonchev–Trinajstić information content (AvgIpc) is 2.98. The fraction of sp³-hybridized carbons (Fsp3) is 0.250. The maximum absolute atomic E-state index is 13.1. The molecule has 4 nitrogen and oxygen atoms in total. The Labute approximate surface area is 167 Å². The molecule has 2 heterocycles. The summed E-state index contributed by atoms with van der Waals surface area (Å²) in [4.78, 5) is 13.6. The summed E-state index contributed by atoms with van der Waals surface area (Å²) in [5.74, 6) is 1.00. The van der Waals surface area contributed by atoms with Gasteiger partial charge in [-0.15, -0.1) is 24.2 Å². The molecule has 7 heteroatoms. The van der Waals surface area contributed by atoms with Crippen molar-refractivity contribution < 1.29 is 13.6 Å². The fourth-order valence-electron chi connectivity index (χ4n) is 2.92. The Morgan fingerprint density at radius 2 is 1.93 bits per heavy atom. The molecule has 0 atom stereocenters. The van der Waals surface area contributed by atoms with Gasteiger partial charge in [0.25, 0.3) is 5.91 Å². The van der Waals surface area contributed by atoms with Crippen molar-refractivity contribution in [3.63, 3.8) is 0 Å². The Kier molecular flexibility index (Phi) is 6.42. The third-order valence-electron chi connectivity index (χ3n) is 4.52. The first-order chi connectivity index (χ1) is 12.7. The molecule has 0 unspecified atom stereocenters. The van der Waals surface area contributed by atoms with Gasteiger partial charge in [0.2, 0.25) is 0 Å². The molecule has 1 aliphatic heterocycles. The third-order valence-corrected chi connectivity index (χ3v) is 5.56. The van der Waals surface area contributed by atoms with Gasteiger partial charge >= 0.3 is 0 Å². The monoisotopic (exact) mass is 406 g/mol. The predicted molar refractivity (Wildman–Crippen MR) is 108 cm³/mol. The summed E-state index contributed by atoms with van der Waals surface area (Å²) in [6.07, 6.45) is 0. The minimum atomic E-state index is -0.256. The smallest absolute Gasteiger partial charge is 0.287 e. The summed E-state index contributed by atoms with van der Waals surface area (Å²) < 4.78 is 18.9.